The summed E-state index contributed by atoms with van der Waals surface area (Å²) in [5.74, 6) is 0.125. The van der Waals surface area contributed by atoms with Crippen LogP contribution in [0.4, 0.5) is 0 Å². The summed E-state index contributed by atoms with van der Waals surface area (Å²) in [4.78, 5) is 16.3. The molecule has 104 valence electrons. The van der Waals surface area contributed by atoms with Crippen LogP contribution in [-0.2, 0) is 0 Å². The molecule has 1 aromatic heterocycles. The van der Waals surface area contributed by atoms with E-state index in [1.54, 1.807) is 0 Å². The minimum Gasteiger partial charge on any atom is -0.354 e. The first-order valence-electron chi connectivity index (χ1n) is 7.43. The quantitative estimate of drug-likeness (QED) is 0.433. The molecule has 1 aliphatic carbocycles. The second-order valence-electron chi connectivity index (χ2n) is 5.96. The summed E-state index contributed by atoms with van der Waals surface area (Å²) in [6, 6.07) is 18.4. The highest BCUT2D eigenvalue weighted by atomic mass is 16.1. The van der Waals surface area contributed by atoms with Crippen LogP contribution in [0.25, 0.3) is 32.9 Å². The molecule has 5 rings (SSSR count). The molecule has 0 atom stereocenters. The lowest BCUT2D eigenvalue weighted by Gasteiger charge is -2.00. The fraction of sp³-hybridized carbons (Fsp3) is 0.0500. The van der Waals surface area contributed by atoms with Crippen LogP contribution in [0.15, 0.2) is 54.6 Å². The summed E-state index contributed by atoms with van der Waals surface area (Å²) in [6.07, 6.45) is 0. The number of carbonyl (C=O) groups is 1. The maximum Gasteiger partial charge on any atom is 0.196 e. The van der Waals surface area contributed by atoms with E-state index >= 15 is 0 Å². The maximum absolute atomic E-state index is 12.8. The van der Waals surface area contributed by atoms with Crippen LogP contribution in [0.2, 0.25) is 0 Å². The number of aryl methyl sites for hydroxylation is 1. The molecule has 1 heterocycles. The standard InChI is InChI=1S/C20H13NO/c1-11-6-9-17-16(10-11)14-8-7-13-12-4-2-3-5-15(12)20(22)18(13)19(14)21-17/h2-10,21H,1H3. The van der Waals surface area contributed by atoms with Gasteiger partial charge in [-0.25, -0.2) is 0 Å². The molecular weight excluding hydrogens is 270 g/mol. The molecule has 0 amide bonds. The molecule has 2 nitrogen and oxygen atoms in total. The smallest absolute Gasteiger partial charge is 0.196 e. The molecule has 22 heavy (non-hydrogen) atoms. The van der Waals surface area contributed by atoms with Gasteiger partial charge in [-0.05, 0) is 30.2 Å². The van der Waals surface area contributed by atoms with E-state index in [1.807, 2.05) is 24.3 Å². The molecule has 1 aliphatic rings. The van der Waals surface area contributed by atoms with Crippen molar-refractivity contribution >= 4 is 27.6 Å². The van der Waals surface area contributed by atoms with Crippen molar-refractivity contribution in [3.05, 3.63) is 71.3 Å². The van der Waals surface area contributed by atoms with E-state index in [2.05, 4.69) is 42.2 Å². The average molecular weight is 283 g/mol. The summed E-state index contributed by atoms with van der Waals surface area (Å²) >= 11 is 0. The van der Waals surface area contributed by atoms with Crippen LogP contribution in [0.5, 0.6) is 0 Å². The Bertz CT molecular complexity index is 1100. The number of fused-ring (bicyclic) bond motifs is 7. The van der Waals surface area contributed by atoms with Crippen molar-refractivity contribution in [1.29, 1.82) is 0 Å². The van der Waals surface area contributed by atoms with Crippen LogP contribution in [0.1, 0.15) is 21.5 Å². The van der Waals surface area contributed by atoms with Gasteiger partial charge in [0.25, 0.3) is 0 Å². The highest BCUT2D eigenvalue weighted by Crippen LogP contribution is 2.41. The largest absolute Gasteiger partial charge is 0.354 e. The van der Waals surface area contributed by atoms with E-state index in [0.717, 1.165) is 38.7 Å². The van der Waals surface area contributed by atoms with Gasteiger partial charge in [-0.2, -0.15) is 0 Å². The topological polar surface area (TPSA) is 32.9 Å². The number of H-pyrrole nitrogens is 1. The van der Waals surface area contributed by atoms with Gasteiger partial charge in [-0.3, -0.25) is 4.79 Å². The molecule has 0 bridgehead atoms. The van der Waals surface area contributed by atoms with Gasteiger partial charge in [-0.1, -0.05) is 48.0 Å². The Morgan fingerprint density at radius 3 is 2.50 bits per heavy atom. The molecule has 1 N–H and O–H groups in total. The van der Waals surface area contributed by atoms with Crippen molar-refractivity contribution < 1.29 is 4.79 Å². The number of aromatic nitrogens is 1. The van der Waals surface area contributed by atoms with Gasteiger partial charge < -0.3 is 4.98 Å². The van der Waals surface area contributed by atoms with Crippen LogP contribution < -0.4 is 0 Å². The third-order valence-corrected chi connectivity index (χ3v) is 4.62. The van der Waals surface area contributed by atoms with Gasteiger partial charge in [0.15, 0.2) is 5.78 Å². The lowest BCUT2D eigenvalue weighted by Crippen LogP contribution is -1.95. The highest BCUT2D eigenvalue weighted by molar-refractivity contribution is 6.29. The SMILES string of the molecule is Cc1ccc2[nH]c3c4c(ccc3c2c1)-c1ccccc1C4=O. The van der Waals surface area contributed by atoms with Gasteiger partial charge in [0.2, 0.25) is 0 Å². The normalized spacial score (nSPS) is 12.9. The van der Waals surface area contributed by atoms with Gasteiger partial charge in [0.05, 0.1) is 11.1 Å². The highest BCUT2D eigenvalue weighted by Gasteiger charge is 2.29. The van der Waals surface area contributed by atoms with Gasteiger partial charge in [0, 0.05) is 21.9 Å². The van der Waals surface area contributed by atoms with Crippen molar-refractivity contribution in [3.63, 3.8) is 0 Å². The predicted molar refractivity (Wildman–Crippen MR) is 89.4 cm³/mol. The zero-order chi connectivity index (χ0) is 14.8. The first-order chi connectivity index (χ1) is 10.7. The number of rotatable bonds is 0. The monoisotopic (exact) mass is 283 g/mol. The van der Waals surface area contributed by atoms with Crippen LogP contribution >= 0.6 is 0 Å². The number of aromatic amines is 1. The van der Waals surface area contributed by atoms with E-state index in [9.17, 15) is 4.79 Å². The average Bonchev–Trinajstić information content (AvgIpc) is 3.04. The Kier molecular flexibility index (Phi) is 2.06. The lowest BCUT2D eigenvalue weighted by atomic mass is 10.0. The van der Waals surface area contributed by atoms with E-state index in [-0.39, 0.29) is 5.78 Å². The van der Waals surface area contributed by atoms with Gasteiger partial charge in [0.1, 0.15) is 0 Å². The molecule has 0 radical (unpaired) electrons. The fourth-order valence-electron chi connectivity index (χ4n) is 3.59. The van der Waals surface area contributed by atoms with Crippen molar-refractivity contribution in [2.45, 2.75) is 6.92 Å². The Balaban J connectivity index is 1.96. The van der Waals surface area contributed by atoms with Crippen molar-refractivity contribution in [2.75, 3.05) is 0 Å². The number of benzene rings is 3. The maximum atomic E-state index is 12.8. The minimum absolute atomic E-state index is 0.125. The van der Waals surface area contributed by atoms with Crippen molar-refractivity contribution in [3.8, 4) is 11.1 Å². The van der Waals surface area contributed by atoms with E-state index in [4.69, 9.17) is 0 Å². The Morgan fingerprint density at radius 2 is 1.64 bits per heavy atom. The van der Waals surface area contributed by atoms with Gasteiger partial charge >= 0.3 is 0 Å². The molecule has 0 aliphatic heterocycles. The molecule has 0 fully saturated rings. The molecule has 0 spiro atoms. The van der Waals surface area contributed by atoms with Crippen molar-refractivity contribution in [2.24, 2.45) is 0 Å². The number of hydrogen-bond acceptors (Lipinski definition) is 1. The Morgan fingerprint density at radius 1 is 0.818 bits per heavy atom. The van der Waals surface area contributed by atoms with E-state index in [0.29, 0.717) is 0 Å². The fourth-order valence-corrected chi connectivity index (χ4v) is 3.59. The van der Waals surface area contributed by atoms with Crippen LogP contribution in [0, 0.1) is 6.92 Å². The Hall–Kier alpha value is -2.87. The molecule has 4 aromatic rings. The lowest BCUT2D eigenvalue weighted by molar-refractivity contribution is 0.104. The summed E-state index contributed by atoms with van der Waals surface area (Å²) in [6.45, 7) is 2.09. The first kappa shape index (κ1) is 11.8. The van der Waals surface area contributed by atoms with E-state index < -0.39 is 0 Å². The molecule has 2 heteroatoms. The number of carbonyl (C=O) groups excluding carboxylic acids is 1. The van der Waals surface area contributed by atoms with Crippen LogP contribution in [-0.4, -0.2) is 10.8 Å². The third-order valence-electron chi connectivity index (χ3n) is 4.62. The van der Waals surface area contributed by atoms with Gasteiger partial charge in [-0.15, -0.1) is 0 Å². The molecular formula is C20H13NO. The van der Waals surface area contributed by atoms with Crippen molar-refractivity contribution in [1.82, 2.24) is 4.98 Å². The summed E-state index contributed by atoms with van der Waals surface area (Å²) in [5.41, 5.74) is 6.96. The van der Waals surface area contributed by atoms with E-state index in [1.165, 1.54) is 10.9 Å². The second-order valence-corrected chi connectivity index (χ2v) is 5.96. The number of hydrogen-bond donors (Lipinski definition) is 1. The predicted octanol–water partition coefficient (Wildman–Crippen LogP) is 4.84. The Labute approximate surface area is 127 Å². The first-order valence-corrected chi connectivity index (χ1v) is 7.43. The molecule has 0 saturated heterocycles. The second kappa shape index (κ2) is 3.86. The zero-order valence-corrected chi connectivity index (χ0v) is 12.1. The molecule has 3 aromatic carbocycles. The molecule has 0 saturated carbocycles. The number of ketones is 1. The number of nitrogens with one attached hydrogen (secondary N) is 1. The summed E-state index contributed by atoms with van der Waals surface area (Å²) in [7, 11) is 0. The third kappa shape index (κ3) is 1.32. The minimum atomic E-state index is 0.125. The molecule has 0 unspecified atom stereocenters. The summed E-state index contributed by atoms with van der Waals surface area (Å²) in [5, 5.41) is 2.31. The van der Waals surface area contributed by atoms with Crippen LogP contribution in [0.3, 0.4) is 0 Å². The zero-order valence-electron chi connectivity index (χ0n) is 12.1. The summed E-state index contributed by atoms with van der Waals surface area (Å²) < 4.78 is 0.